The van der Waals surface area contributed by atoms with Gasteiger partial charge in [-0.15, -0.1) is 0 Å². The van der Waals surface area contributed by atoms with Gasteiger partial charge in [0.15, 0.2) is 5.13 Å². The second kappa shape index (κ2) is 5.50. The summed E-state index contributed by atoms with van der Waals surface area (Å²) in [6, 6.07) is 6.97. The number of carbonyl (C=O) groups is 2. The summed E-state index contributed by atoms with van der Waals surface area (Å²) in [5.74, 6) is -1.38. The van der Waals surface area contributed by atoms with Gasteiger partial charge in [-0.05, 0) is 35.0 Å². The minimum atomic E-state index is -1.05. The van der Waals surface area contributed by atoms with Crippen LogP contribution in [-0.2, 0) is 0 Å². The molecule has 0 spiro atoms. The number of amides is 1. The Morgan fingerprint density at radius 1 is 1.37 bits per heavy atom. The number of nitrogens with one attached hydrogen (secondary N) is 1. The van der Waals surface area contributed by atoms with Crippen molar-refractivity contribution in [1.82, 2.24) is 4.98 Å². The minimum Gasteiger partial charge on any atom is -0.477 e. The van der Waals surface area contributed by atoms with Crippen molar-refractivity contribution < 1.29 is 14.7 Å². The highest BCUT2D eigenvalue weighted by molar-refractivity contribution is 9.10. The van der Waals surface area contributed by atoms with Gasteiger partial charge >= 0.3 is 5.97 Å². The molecule has 0 atom stereocenters. The molecular formula is C12H9BrN2O3S. The summed E-state index contributed by atoms with van der Waals surface area (Å²) in [6.45, 7) is 1.59. The number of thiazole rings is 1. The lowest BCUT2D eigenvalue weighted by Gasteiger charge is -2.03. The Hall–Kier alpha value is -1.73. The molecule has 19 heavy (non-hydrogen) atoms. The highest BCUT2D eigenvalue weighted by Crippen LogP contribution is 2.24. The number of benzene rings is 1. The molecular weight excluding hydrogens is 332 g/mol. The number of carbonyl (C=O) groups excluding carboxylic acids is 1. The molecule has 0 unspecified atom stereocenters. The van der Waals surface area contributed by atoms with Crippen LogP contribution in [0, 0.1) is 6.92 Å². The van der Waals surface area contributed by atoms with Crippen molar-refractivity contribution in [3.63, 3.8) is 0 Å². The van der Waals surface area contributed by atoms with E-state index in [0.717, 1.165) is 11.3 Å². The number of carboxylic acids is 1. The summed E-state index contributed by atoms with van der Waals surface area (Å²) < 4.78 is 0.666. The van der Waals surface area contributed by atoms with E-state index in [2.05, 4.69) is 26.2 Å². The van der Waals surface area contributed by atoms with Crippen molar-refractivity contribution >= 4 is 44.3 Å². The van der Waals surface area contributed by atoms with E-state index in [1.165, 1.54) is 0 Å². The van der Waals surface area contributed by atoms with E-state index in [4.69, 9.17) is 5.11 Å². The Morgan fingerprint density at radius 2 is 2.05 bits per heavy atom. The highest BCUT2D eigenvalue weighted by Gasteiger charge is 2.16. The average Bonchev–Trinajstić information content (AvgIpc) is 2.70. The van der Waals surface area contributed by atoms with Crippen molar-refractivity contribution in [1.29, 1.82) is 0 Å². The summed E-state index contributed by atoms with van der Waals surface area (Å²) in [5.41, 5.74) is 0.854. The van der Waals surface area contributed by atoms with E-state index in [1.807, 2.05) is 0 Å². The molecule has 1 aromatic carbocycles. The Labute approximate surface area is 121 Å². The lowest BCUT2D eigenvalue weighted by atomic mass is 10.2. The van der Waals surface area contributed by atoms with Gasteiger partial charge in [0.05, 0.1) is 11.3 Å². The fourth-order valence-electron chi connectivity index (χ4n) is 1.46. The van der Waals surface area contributed by atoms with E-state index in [0.29, 0.717) is 15.7 Å². The van der Waals surface area contributed by atoms with Gasteiger partial charge in [-0.25, -0.2) is 9.78 Å². The van der Waals surface area contributed by atoms with Gasteiger partial charge in [0.1, 0.15) is 4.88 Å². The molecule has 0 fully saturated rings. The number of hydrogen-bond donors (Lipinski definition) is 2. The topological polar surface area (TPSA) is 79.3 Å². The molecule has 2 N–H and O–H groups in total. The monoisotopic (exact) mass is 340 g/mol. The number of halogens is 1. The summed E-state index contributed by atoms with van der Waals surface area (Å²) in [6.07, 6.45) is 0. The maximum Gasteiger partial charge on any atom is 0.347 e. The van der Waals surface area contributed by atoms with E-state index < -0.39 is 5.97 Å². The first-order valence-electron chi connectivity index (χ1n) is 5.25. The van der Waals surface area contributed by atoms with Gasteiger partial charge in [-0.1, -0.05) is 23.5 Å². The Bertz CT molecular complexity index is 654. The molecule has 0 saturated carbocycles. The summed E-state index contributed by atoms with van der Waals surface area (Å²) in [4.78, 5) is 27.0. The standard InChI is InChI=1S/C12H9BrN2O3S/c1-6-9(11(17)18)19-12(14-6)15-10(16)7-4-2-3-5-8(7)13/h2-5H,1H3,(H,17,18)(H,14,15,16). The highest BCUT2D eigenvalue weighted by atomic mass is 79.9. The summed E-state index contributed by atoms with van der Waals surface area (Å²) >= 11 is 4.22. The van der Waals surface area contributed by atoms with Gasteiger partial charge in [-0.2, -0.15) is 0 Å². The van der Waals surface area contributed by atoms with Crippen LogP contribution < -0.4 is 5.32 Å². The van der Waals surface area contributed by atoms with Crippen molar-refractivity contribution in [2.75, 3.05) is 5.32 Å². The van der Waals surface area contributed by atoms with Gasteiger partial charge in [-0.3, -0.25) is 10.1 Å². The Balaban J connectivity index is 2.22. The molecule has 7 heteroatoms. The van der Waals surface area contributed by atoms with Crippen LogP contribution in [0.4, 0.5) is 5.13 Å². The normalized spacial score (nSPS) is 10.2. The molecule has 98 valence electrons. The predicted molar refractivity (Wildman–Crippen MR) is 75.9 cm³/mol. The molecule has 1 aromatic heterocycles. The number of anilines is 1. The molecule has 1 amide bonds. The zero-order valence-electron chi connectivity index (χ0n) is 9.81. The fraction of sp³-hybridized carbons (Fsp3) is 0.0833. The van der Waals surface area contributed by atoms with Gasteiger partial charge < -0.3 is 5.11 Å². The number of nitrogens with zero attached hydrogens (tertiary/aromatic N) is 1. The maximum atomic E-state index is 12.0. The fourth-order valence-corrected chi connectivity index (χ4v) is 2.72. The van der Waals surface area contributed by atoms with E-state index in [1.54, 1.807) is 31.2 Å². The van der Waals surface area contributed by atoms with Gasteiger partial charge in [0.2, 0.25) is 0 Å². The molecule has 2 aromatic rings. The van der Waals surface area contributed by atoms with Crippen LogP contribution in [0.1, 0.15) is 25.7 Å². The van der Waals surface area contributed by atoms with Crippen molar-refractivity contribution in [3.05, 3.63) is 44.9 Å². The third kappa shape index (κ3) is 2.99. The first kappa shape index (κ1) is 13.7. The number of hydrogen-bond acceptors (Lipinski definition) is 4. The van der Waals surface area contributed by atoms with E-state index in [-0.39, 0.29) is 15.9 Å². The molecule has 0 aliphatic carbocycles. The largest absolute Gasteiger partial charge is 0.477 e. The van der Waals surface area contributed by atoms with Crippen molar-refractivity contribution in [2.24, 2.45) is 0 Å². The first-order chi connectivity index (χ1) is 8.99. The predicted octanol–water partition coefficient (Wildman–Crippen LogP) is 3.16. The smallest absolute Gasteiger partial charge is 0.347 e. The molecule has 5 nitrogen and oxygen atoms in total. The van der Waals surface area contributed by atoms with Crippen molar-refractivity contribution in [3.8, 4) is 0 Å². The average molecular weight is 341 g/mol. The van der Waals surface area contributed by atoms with Crippen LogP contribution >= 0.6 is 27.3 Å². The van der Waals surface area contributed by atoms with Gasteiger partial charge in [0.25, 0.3) is 5.91 Å². The van der Waals surface area contributed by atoms with Crippen LogP contribution in [0.5, 0.6) is 0 Å². The zero-order chi connectivity index (χ0) is 14.0. The lowest BCUT2D eigenvalue weighted by Crippen LogP contribution is -2.12. The third-order valence-electron chi connectivity index (χ3n) is 2.33. The maximum absolute atomic E-state index is 12.0. The molecule has 0 saturated heterocycles. The van der Waals surface area contributed by atoms with E-state index >= 15 is 0 Å². The summed E-state index contributed by atoms with van der Waals surface area (Å²) in [7, 11) is 0. The SMILES string of the molecule is Cc1nc(NC(=O)c2ccccc2Br)sc1C(=O)O. The Morgan fingerprint density at radius 3 is 2.63 bits per heavy atom. The van der Waals surface area contributed by atoms with Crippen LogP contribution in [0.25, 0.3) is 0 Å². The van der Waals surface area contributed by atoms with Crippen LogP contribution in [0.15, 0.2) is 28.7 Å². The number of carboxylic acid groups (broad SMARTS) is 1. The molecule has 0 radical (unpaired) electrons. The van der Waals surface area contributed by atoms with Crippen molar-refractivity contribution in [2.45, 2.75) is 6.92 Å². The number of rotatable bonds is 3. The van der Waals surface area contributed by atoms with Crippen LogP contribution in [0.3, 0.4) is 0 Å². The number of aryl methyl sites for hydroxylation is 1. The Kier molecular flexibility index (Phi) is 3.96. The second-order valence-corrected chi connectivity index (χ2v) is 5.53. The molecule has 0 bridgehead atoms. The second-order valence-electron chi connectivity index (χ2n) is 3.67. The van der Waals surface area contributed by atoms with E-state index in [9.17, 15) is 9.59 Å². The summed E-state index contributed by atoms with van der Waals surface area (Å²) in [5, 5.41) is 11.8. The minimum absolute atomic E-state index is 0.127. The first-order valence-corrected chi connectivity index (χ1v) is 6.86. The van der Waals surface area contributed by atoms with Crippen LogP contribution in [0.2, 0.25) is 0 Å². The quantitative estimate of drug-likeness (QED) is 0.899. The zero-order valence-corrected chi connectivity index (χ0v) is 12.2. The van der Waals surface area contributed by atoms with Crippen LogP contribution in [-0.4, -0.2) is 22.0 Å². The number of aromatic nitrogens is 1. The molecule has 0 aliphatic rings. The molecule has 0 aliphatic heterocycles. The lowest BCUT2D eigenvalue weighted by molar-refractivity contribution is 0.0701. The third-order valence-corrected chi connectivity index (χ3v) is 4.08. The molecule has 2 rings (SSSR count). The molecule has 1 heterocycles. The number of aromatic carboxylic acids is 1. The van der Waals surface area contributed by atoms with Gasteiger partial charge in [0, 0.05) is 4.47 Å².